The van der Waals surface area contributed by atoms with Crippen molar-refractivity contribution in [2.75, 3.05) is 0 Å². The Morgan fingerprint density at radius 1 is 1.15 bits per heavy atom. The lowest BCUT2D eigenvalue weighted by Crippen LogP contribution is -2.14. The minimum absolute atomic E-state index is 0.662. The lowest BCUT2D eigenvalue weighted by molar-refractivity contribution is 0.263. The van der Waals surface area contributed by atoms with Crippen molar-refractivity contribution in [3.63, 3.8) is 0 Å². The van der Waals surface area contributed by atoms with Crippen molar-refractivity contribution in [1.82, 2.24) is 0 Å². The highest BCUT2D eigenvalue weighted by Crippen LogP contribution is 2.32. The first-order chi connectivity index (χ1) is 6.36. The molecule has 0 saturated heterocycles. The van der Waals surface area contributed by atoms with Crippen LogP contribution in [0.15, 0.2) is 0 Å². The number of unbranched alkanes of at least 4 members (excludes halogenated alkanes) is 1. The Morgan fingerprint density at radius 2 is 1.77 bits per heavy atom. The molecule has 0 atom stereocenters. The van der Waals surface area contributed by atoms with Crippen LogP contribution in [0, 0.1) is 11.8 Å². The van der Waals surface area contributed by atoms with Crippen LogP contribution < -0.4 is 0 Å². The van der Waals surface area contributed by atoms with Crippen LogP contribution in [-0.2, 0) is 4.79 Å². The lowest BCUT2D eigenvalue weighted by atomic mass is 9.79. The molecule has 1 nitrogen and oxygen atoms in total. The molecule has 0 aromatic heterocycles. The third kappa shape index (κ3) is 3.93. The smallest absolute Gasteiger partial charge is 0.198 e. The van der Waals surface area contributed by atoms with Gasteiger partial charge in [0.05, 0.1) is 0 Å². The lowest BCUT2D eigenvalue weighted by Gasteiger charge is -2.27. The molecule has 0 unspecified atom stereocenters. The van der Waals surface area contributed by atoms with E-state index in [2.05, 4.69) is 6.92 Å². The number of hydrogen-bond donors (Lipinski definition) is 0. The molecule has 1 radical (unpaired) electrons. The standard InChI is InChI=1S/C12H21O/c1-2-3-4-11-5-7-12(8-6-11)9-10-13/h11-12H,2-9H2,1H3/t11-,12-. The Balaban J connectivity index is 2.11. The molecule has 0 N–H and O–H groups in total. The average molecular weight is 181 g/mol. The van der Waals surface area contributed by atoms with Gasteiger partial charge in [-0.25, -0.2) is 0 Å². The van der Waals surface area contributed by atoms with E-state index in [1.54, 1.807) is 0 Å². The van der Waals surface area contributed by atoms with Gasteiger partial charge in [0.2, 0.25) is 0 Å². The predicted octanol–water partition coefficient (Wildman–Crippen LogP) is 3.48. The largest absolute Gasteiger partial charge is 0.291 e. The molecule has 75 valence electrons. The monoisotopic (exact) mass is 181 g/mol. The summed E-state index contributed by atoms with van der Waals surface area (Å²) >= 11 is 0. The first kappa shape index (κ1) is 10.7. The van der Waals surface area contributed by atoms with Gasteiger partial charge in [-0.3, -0.25) is 4.79 Å². The minimum Gasteiger partial charge on any atom is -0.291 e. The molecule has 1 aliphatic carbocycles. The first-order valence-electron chi connectivity index (χ1n) is 5.71. The Kier molecular flexibility index (Phi) is 5.10. The summed E-state index contributed by atoms with van der Waals surface area (Å²) in [4.78, 5) is 10.2. The molecule has 13 heavy (non-hydrogen) atoms. The zero-order chi connectivity index (χ0) is 9.52. The van der Waals surface area contributed by atoms with E-state index in [1.165, 1.54) is 44.9 Å². The molecule has 0 amide bonds. The van der Waals surface area contributed by atoms with Crippen molar-refractivity contribution in [2.24, 2.45) is 11.8 Å². The predicted molar refractivity (Wildman–Crippen MR) is 55.3 cm³/mol. The molecule has 1 heteroatoms. The molecule has 1 rings (SSSR count). The van der Waals surface area contributed by atoms with E-state index in [-0.39, 0.29) is 0 Å². The van der Waals surface area contributed by atoms with Crippen LogP contribution in [0.1, 0.15) is 58.3 Å². The third-order valence-corrected chi connectivity index (χ3v) is 3.30. The maximum atomic E-state index is 10.2. The molecule has 1 aliphatic rings. The number of rotatable bonds is 5. The quantitative estimate of drug-likeness (QED) is 0.634. The summed E-state index contributed by atoms with van der Waals surface area (Å²) in [5.74, 6) is 1.62. The van der Waals surface area contributed by atoms with Crippen LogP contribution in [0.3, 0.4) is 0 Å². The SMILES string of the molecule is CCCC[C@H]1CC[C@H](C[C]=O)CC1. The maximum Gasteiger partial charge on any atom is 0.198 e. The van der Waals surface area contributed by atoms with Gasteiger partial charge >= 0.3 is 0 Å². The first-order valence-corrected chi connectivity index (χ1v) is 5.71. The van der Waals surface area contributed by atoms with Gasteiger partial charge in [0, 0.05) is 6.42 Å². The molecule has 0 aliphatic heterocycles. The summed E-state index contributed by atoms with van der Waals surface area (Å²) in [5.41, 5.74) is 0. The van der Waals surface area contributed by atoms with Crippen molar-refractivity contribution >= 4 is 6.29 Å². The summed E-state index contributed by atoms with van der Waals surface area (Å²) in [7, 11) is 0. The van der Waals surface area contributed by atoms with Crippen LogP contribution in [0.5, 0.6) is 0 Å². The van der Waals surface area contributed by atoms with E-state index >= 15 is 0 Å². The van der Waals surface area contributed by atoms with Gasteiger partial charge in [-0.15, -0.1) is 0 Å². The topological polar surface area (TPSA) is 17.1 Å². The van der Waals surface area contributed by atoms with Crippen molar-refractivity contribution in [1.29, 1.82) is 0 Å². The van der Waals surface area contributed by atoms with Gasteiger partial charge in [0.25, 0.3) is 0 Å². The minimum atomic E-state index is 0.662. The van der Waals surface area contributed by atoms with Gasteiger partial charge < -0.3 is 0 Å². The van der Waals surface area contributed by atoms with Crippen LogP contribution in [-0.4, -0.2) is 6.29 Å². The molecule has 0 heterocycles. The normalized spacial score (nSPS) is 28.7. The van der Waals surface area contributed by atoms with E-state index in [4.69, 9.17) is 0 Å². The Hall–Kier alpha value is -0.330. The van der Waals surface area contributed by atoms with E-state index in [1.807, 2.05) is 6.29 Å². The second-order valence-electron chi connectivity index (χ2n) is 4.38. The zero-order valence-corrected chi connectivity index (χ0v) is 8.72. The van der Waals surface area contributed by atoms with Gasteiger partial charge in [0.1, 0.15) is 0 Å². The van der Waals surface area contributed by atoms with Crippen molar-refractivity contribution in [3.05, 3.63) is 0 Å². The molecule has 0 bridgehead atoms. The number of hydrogen-bond acceptors (Lipinski definition) is 1. The molecular weight excluding hydrogens is 160 g/mol. The summed E-state index contributed by atoms with van der Waals surface area (Å²) in [6, 6.07) is 0. The van der Waals surface area contributed by atoms with Gasteiger partial charge in [-0.1, -0.05) is 39.0 Å². The van der Waals surface area contributed by atoms with Gasteiger partial charge in [-0.2, -0.15) is 0 Å². The van der Waals surface area contributed by atoms with Crippen molar-refractivity contribution in [2.45, 2.75) is 58.3 Å². The summed E-state index contributed by atoms with van der Waals surface area (Å²) in [5, 5.41) is 0. The van der Waals surface area contributed by atoms with Crippen LogP contribution in [0.2, 0.25) is 0 Å². The second-order valence-corrected chi connectivity index (χ2v) is 4.38. The summed E-state index contributed by atoms with van der Waals surface area (Å²) in [6.45, 7) is 2.26. The molecule has 1 saturated carbocycles. The molecule has 1 fully saturated rings. The highest BCUT2D eigenvalue weighted by Gasteiger charge is 2.20. The van der Waals surface area contributed by atoms with E-state index in [0.29, 0.717) is 12.3 Å². The molecule has 0 spiro atoms. The zero-order valence-electron chi connectivity index (χ0n) is 8.72. The van der Waals surface area contributed by atoms with Crippen molar-refractivity contribution in [3.8, 4) is 0 Å². The highest BCUT2D eigenvalue weighted by molar-refractivity contribution is 5.50. The Morgan fingerprint density at radius 3 is 2.31 bits per heavy atom. The fourth-order valence-corrected chi connectivity index (χ4v) is 2.33. The molecule has 0 aromatic carbocycles. The highest BCUT2D eigenvalue weighted by atomic mass is 16.1. The number of carbonyl (C=O) groups excluding carboxylic acids is 1. The Bertz CT molecular complexity index is 134. The summed E-state index contributed by atoms with van der Waals surface area (Å²) in [6.07, 6.45) is 12.1. The summed E-state index contributed by atoms with van der Waals surface area (Å²) < 4.78 is 0. The third-order valence-electron chi connectivity index (χ3n) is 3.30. The van der Waals surface area contributed by atoms with Crippen LogP contribution in [0.4, 0.5) is 0 Å². The van der Waals surface area contributed by atoms with E-state index in [0.717, 1.165) is 5.92 Å². The van der Waals surface area contributed by atoms with Gasteiger partial charge in [-0.05, 0) is 24.7 Å². The van der Waals surface area contributed by atoms with Gasteiger partial charge in [0.15, 0.2) is 6.29 Å². The van der Waals surface area contributed by atoms with E-state index in [9.17, 15) is 4.79 Å². The van der Waals surface area contributed by atoms with Crippen LogP contribution in [0.25, 0.3) is 0 Å². The molecule has 0 aromatic rings. The van der Waals surface area contributed by atoms with E-state index < -0.39 is 0 Å². The van der Waals surface area contributed by atoms with Crippen LogP contribution >= 0.6 is 0 Å². The fraction of sp³-hybridized carbons (Fsp3) is 0.917. The fourth-order valence-electron chi connectivity index (χ4n) is 2.33. The maximum absolute atomic E-state index is 10.2. The second kappa shape index (κ2) is 6.17. The van der Waals surface area contributed by atoms with Crippen molar-refractivity contribution < 1.29 is 4.79 Å². The molecular formula is C12H21O. The Labute approximate surface area is 81.9 Å². The average Bonchev–Trinajstić information content (AvgIpc) is 2.17.